The molecule has 0 bridgehead atoms. The predicted octanol–water partition coefficient (Wildman–Crippen LogP) is 2.04. The number of sulfone groups is 1. The summed E-state index contributed by atoms with van der Waals surface area (Å²) in [5, 5.41) is 13.3. The van der Waals surface area contributed by atoms with E-state index in [1.807, 2.05) is 0 Å². The second kappa shape index (κ2) is 5.73. The molecule has 120 valence electrons. The van der Waals surface area contributed by atoms with Crippen molar-refractivity contribution in [2.75, 3.05) is 6.26 Å². The Morgan fingerprint density at radius 1 is 1.23 bits per heavy atom. The van der Waals surface area contributed by atoms with Gasteiger partial charge in [-0.25, -0.2) is 8.42 Å². The molecule has 2 aromatic rings. The summed E-state index contributed by atoms with van der Waals surface area (Å²) in [6.45, 7) is -0.172. The minimum atomic E-state index is -4.53. The van der Waals surface area contributed by atoms with Gasteiger partial charge in [0.1, 0.15) is 0 Å². The van der Waals surface area contributed by atoms with Crippen molar-refractivity contribution in [3.63, 3.8) is 0 Å². The van der Waals surface area contributed by atoms with Crippen LogP contribution in [0.3, 0.4) is 0 Å². The number of aromatic nitrogens is 2. The fraction of sp³-hybridized carbons (Fsp3) is 0.308. The maximum absolute atomic E-state index is 12.4. The van der Waals surface area contributed by atoms with Crippen LogP contribution in [-0.4, -0.2) is 29.6 Å². The first-order valence-electron chi connectivity index (χ1n) is 6.16. The highest BCUT2D eigenvalue weighted by molar-refractivity contribution is 7.90. The predicted molar refractivity (Wildman–Crippen MR) is 71.7 cm³/mol. The van der Waals surface area contributed by atoms with E-state index in [4.69, 9.17) is 0 Å². The van der Waals surface area contributed by atoms with Crippen molar-refractivity contribution in [3.8, 4) is 0 Å². The molecule has 1 heterocycles. The van der Waals surface area contributed by atoms with Crippen molar-refractivity contribution < 1.29 is 26.7 Å². The number of hydrogen-bond donors (Lipinski definition) is 1. The van der Waals surface area contributed by atoms with Gasteiger partial charge in [-0.3, -0.25) is 4.68 Å². The molecule has 0 amide bonds. The molecule has 0 unspecified atom stereocenters. The zero-order chi connectivity index (χ0) is 16.5. The van der Waals surface area contributed by atoms with Crippen LogP contribution in [0.25, 0.3) is 0 Å². The number of hydrogen-bond acceptors (Lipinski definition) is 4. The van der Waals surface area contributed by atoms with E-state index in [2.05, 4.69) is 5.10 Å². The van der Waals surface area contributed by atoms with Gasteiger partial charge in [-0.05, 0) is 23.8 Å². The van der Waals surface area contributed by atoms with Crippen LogP contribution < -0.4 is 0 Å². The molecule has 1 aromatic carbocycles. The minimum absolute atomic E-state index is 0.0990. The molecule has 2 rings (SSSR count). The number of nitrogens with zero attached hydrogens (tertiary/aromatic N) is 2. The van der Waals surface area contributed by atoms with Gasteiger partial charge in [-0.2, -0.15) is 18.3 Å². The zero-order valence-electron chi connectivity index (χ0n) is 11.4. The second-order valence-corrected chi connectivity index (χ2v) is 6.79. The lowest BCUT2D eigenvalue weighted by Gasteiger charge is -2.12. The van der Waals surface area contributed by atoms with E-state index in [1.54, 1.807) is 0 Å². The minimum Gasteiger partial charge on any atom is -0.386 e. The van der Waals surface area contributed by atoms with E-state index < -0.39 is 27.8 Å². The summed E-state index contributed by atoms with van der Waals surface area (Å²) >= 11 is 0. The van der Waals surface area contributed by atoms with E-state index in [9.17, 15) is 26.7 Å². The Kier molecular flexibility index (Phi) is 4.30. The molecule has 0 saturated carbocycles. The monoisotopic (exact) mass is 334 g/mol. The molecule has 0 radical (unpaired) electrons. The number of aliphatic hydroxyl groups excluding tert-OH is 1. The molecular formula is C13H13F3N2O3S. The first kappa shape index (κ1) is 16.5. The number of rotatable bonds is 4. The lowest BCUT2D eigenvalue weighted by molar-refractivity contribution is -0.141. The largest absolute Gasteiger partial charge is 0.435 e. The molecule has 0 aliphatic rings. The van der Waals surface area contributed by atoms with Crippen molar-refractivity contribution in [2.45, 2.75) is 23.7 Å². The maximum Gasteiger partial charge on any atom is 0.435 e. The summed E-state index contributed by atoms with van der Waals surface area (Å²) in [6, 6.07) is 6.31. The average Bonchev–Trinajstić information content (AvgIpc) is 2.86. The highest BCUT2D eigenvalue weighted by Crippen LogP contribution is 2.27. The zero-order valence-corrected chi connectivity index (χ0v) is 12.3. The Morgan fingerprint density at radius 3 is 2.27 bits per heavy atom. The van der Waals surface area contributed by atoms with Crippen LogP contribution in [0.5, 0.6) is 0 Å². The summed E-state index contributed by atoms with van der Waals surface area (Å²) in [7, 11) is -3.34. The fourth-order valence-electron chi connectivity index (χ4n) is 1.83. The Balaban J connectivity index is 2.12. The molecule has 0 fully saturated rings. The topological polar surface area (TPSA) is 72.2 Å². The first-order valence-corrected chi connectivity index (χ1v) is 8.05. The van der Waals surface area contributed by atoms with E-state index >= 15 is 0 Å². The summed E-state index contributed by atoms with van der Waals surface area (Å²) in [5.74, 6) is 0. The van der Waals surface area contributed by atoms with Gasteiger partial charge in [-0.1, -0.05) is 12.1 Å². The highest BCUT2D eigenvalue weighted by Gasteiger charge is 2.33. The van der Waals surface area contributed by atoms with Crippen molar-refractivity contribution in [3.05, 3.63) is 47.8 Å². The van der Waals surface area contributed by atoms with Gasteiger partial charge in [0.2, 0.25) is 0 Å². The van der Waals surface area contributed by atoms with Crippen LogP contribution in [0, 0.1) is 0 Å². The third kappa shape index (κ3) is 3.86. The van der Waals surface area contributed by atoms with Crippen molar-refractivity contribution >= 4 is 9.84 Å². The Hall–Kier alpha value is -1.87. The Morgan fingerprint density at radius 2 is 1.82 bits per heavy atom. The molecule has 5 nitrogen and oxygen atoms in total. The lowest BCUT2D eigenvalue weighted by atomic mass is 10.1. The molecule has 1 N–H and O–H groups in total. The van der Waals surface area contributed by atoms with E-state index in [0.717, 1.165) is 23.2 Å². The third-order valence-electron chi connectivity index (χ3n) is 2.98. The molecule has 0 spiro atoms. The molecular weight excluding hydrogens is 321 g/mol. The summed E-state index contributed by atoms with van der Waals surface area (Å²) in [5.41, 5.74) is -0.649. The number of benzene rings is 1. The van der Waals surface area contributed by atoms with Gasteiger partial charge in [0.15, 0.2) is 15.5 Å². The van der Waals surface area contributed by atoms with Crippen molar-refractivity contribution in [2.24, 2.45) is 0 Å². The van der Waals surface area contributed by atoms with Crippen LogP contribution >= 0.6 is 0 Å². The fourth-order valence-corrected chi connectivity index (χ4v) is 2.46. The maximum atomic E-state index is 12.4. The molecule has 0 saturated heterocycles. The van der Waals surface area contributed by atoms with Crippen LogP contribution in [0.4, 0.5) is 13.2 Å². The standard InChI is InChI=1S/C13H13F3N2O3S/c1-22(20,21)10-4-2-9(3-5-10)11(19)8-18-7-6-12(17-18)13(14,15)16/h2-7,11,19H,8H2,1H3/t11-/m0/s1. The smallest absolute Gasteiger partial charge is 0.386 e. The third-order valence-corrected chi connectivity index (χ3v) is 4.11. The number of aliphatic hydroxyl groups is 1. The number of halogens is 3. The summed E-state index contributed by atoms with van der Waals surface area (Å²) < 4.78 is 60.9. The molecule has 22 heavy (non-hydrogen) atoms. The van der Waals surface area contributed by atoms with Crippen LogP contribution in [0.2, 0.25) is 0 Å². The highest BCUT2D eigenvalue weighted by atomic mass is 32.2. The average molecular weight is 334 g/mol. The first-order chi connectivity index (χ1) is 10.1. The van der Waals surface area contributed by atoms with Gasteiger partial charge in [0, 0.05) is 12.5 Å². The Bertz CT molecular complexity index is 752. The van der Waals surface area contributed by atoms with Gasteiger partial charge >= 0.3 is 6.18 Å². The molecule has 9 heteroatoms. The second-order valence-electron chi connectivity index (χ2n) is 4.78. The number of alkyl halides is 3. The summed E-state index contributed by atoms with van der Waals surface area (Å²) in [4.78, 5) is 0.0990. The van der Waals surface area contributed by atoms with Crippen LogP contribution in [0.15, 0.2) is 41.4 Å². The van der Waals surface area contributed by atoms with Gasteiger partial charge in [-0.15, -0.1) is 0 Å². The molecule has 1 aromatic heterocycles. The van der Waals surface area contributed by atoms with E-state index in [1.165, 1.54) is 24.3 Å². The van der Waals surface area contributed by atoms with Gasteiger partial charge in [0.05, 0.1) is 17.5 Å². The van der Waals surface area contributed by atoms with Crippen molar-refractivity contribution in [1.29, 1.82) is 0 Å². The van der Waals surface area contributed by atoms with E-state index in [0.29, 0.717) is 5.56 Å². The normalized spacial score (nSPS) is 14.0. The molecule has 0 aliphatic carbocycles. The SMILES string of the molecule is CS(=O)(=O)c1ccc([C@@H](O)Cn2ccc(C(F)(F)F)n2)cc1. The quantitative estimate of drug-likeness (QED) is 0.929. The van der Waals surface area contributed by atoms with Gasteiger partial charge in [0.25, 0.3) is 0 Å². The lowest BCUT2D eigenvalue weighted by Crippen LogP contribution is -2.12. The van der Waals surface area contributed by atoms with Crippen LogP contribution in [0.1, 0.15) is 17.4 Å². The van der Waals surface area contributed by atoms with E-state index in [-0.39, 0.29) is 11.4 Å². The molecule has 1 atom stereocenters. The van der Waals surface area contributed by atoms with Gasteiger partial charge < -0.3 is 5.11 Å². The van der Waals surface area contributed by atoms with Crippen LogP contribution in [-0.2, 0) is 22.6 Å². The van der Waals surface area contributed by atoms with Crippen molar-refractivity contribution in [1.82, 2.24) is 9.78 Å². The molecule has 0 aliphatic heterocycles. The Labute approximate surface area is 124 Å². The summed E-state index contributed by atoms with van der Waals surface area (Å²) in [6.07, 6.45) is -3.46.